The van der Waals surface area contributed by atoms with Crippen LogP contribution in [0.5, 0.6) is 0 Å². The van der Waals surface area contributed by atoms with E-state index in [1.165, 1.54) is 7.11 Å². The van der Waals surface area contributed by atoms with Crippen LogP contribution in [-0.4, -0.2) is 62.5 Å². The fourth-order valence-corrected chi connectivity index (χ4v) is 1.87. The zero-order valence-electron chi connectivity index (χ0n) is 11.2. The van der Waals surface area contributed by atoms with Crippen LogP contribution in [0.15, 0.2) is 0 Å². The third-order valence-corrected chi connectivity index (χ3v) is 3.00. The topological polar surface area (TPSA) is 96.9 Å². The normalized spacial score (nSPS) is 17.9. The molecule has 1 amide bonds. The minimum atomic E-state index is -0.952. The summed E-state index contributed by atoms with van der Waals surface area (Å²) in [4.78, 5) is 22.1. The first kappa shape index (κ1) is 15.9. The zero-order valence-corrected chi connectivity index (χ0v) is 11.2. The van der Waals surface area contributed by atoms with E-state index < -0.39 is 12.1 Å². The summed E-state index contributed by atoms with van der Waals surface area (Å²) in [6.07, 6.45) is 1.30. The van der Waals surface area contributed by atoms with Gasteiger partial charge in [0.2, 0.25) is 5.91 Å². The maximum absolute atomic E-state index is 11.5. The lowest BCUT2D eigenvalue weighted by atomic mass is 10.1. The molecule has 1 unspecified atom stereocenters. The average molecular weight is 274 g/mol. The van der Waals surface area contributed by atoms with Gasteiger partial charge in [-0.25, -0.2) is 0 Å². The Bertz CT molecular complexity index is 292. The molecule has 0 aliphatic carbocycles. The fraction of sp³-hybridized carbons (Fsp3) is 0.833. The summed E-state index contributed by atoms with van der Waals surface area (Å²) >= 11 is 0. The molecular weight excluding hydrogens is 252 g/mol. The second-order valence-corrected chi connectivity index (χ2v) is 4.52. The Morgan fingerprint density at radius 3 is 2.68 bits per heavy atom. The number of aliphatic carboxylic acids is 1. The van der Waals surface area contributed by atoms with E-state index in [1.807, 2.05) is 0 Å². The second-order valence-electron chi connectivity index (χ2n) is 4.52. The van der Waals surface area contributed by atoms with Gasteiger partial charge >= 0.3 is 5.97 Å². The van der Waals surface area contributed by atoms with Crippen molar-refractivity contribution in [3.05, 3.63) is 0 Å². The minimum Gasteiger partial charge on any atom is -0.481 e. The number of amides is 1. The Hall–Kier alpha value is -1.18. The lowest BCUT2D eigenvalue weighted by molar-refractivity contribution is -0.140. The summed E-state index contributed by atoms with van der Waals surface area (Å²) in [5.74, 6) is -1.20. The smallest absolute Gasteiger partial charge is 0.306 e. The van der Waals surface area contributed by atoms with Gasteiger partial charge in [0, 0.05) is 13.7 Å². The van der Waals surface area contributed by atoms with Crippen molar-refractivity contribution in [3.8, 4) is 0 Å². The van der Waals surface area contributed by atoms with Crippen LogP contribution in [-0.2, 0) is 19.1 Å². The van der Waals surface area contributed by atoms with E-state index in [4.69, 9.17) is 14.6 Å². The maximum Gasteiger partial charge on any atom is 0.306 e. The molecule has 1 aliphatic heterocycles. The molecule has 1 rings (SSSR count). The molecule has 1 heterocycles. The number of ether oxygens (including phenoxy) is 2. The number of nitrogens with one attached hydrogen (secondary N) is 2. The van der Waals surface area contributed by atoms with Crippen molar-refractivity contribution < 1.29 is 24.2 Å². The van der Waals surface area contributed by atoms with Gasteiger partial charge in [0.1, 0.15) is 6.61 Å². The van der Waals surface area contributed by atoms with Crippen molar-refractivity contribution in [1.82, 2.24) is 10.6 Å². The van der Waals surface area contributed by atoms with Gasteiger partial charge in [0.15, 0.2) is 0 Å². The predicted molar refractivity (Wildman–Crippen MR) is 67.9 cm³/mol. The maximum atomic E-state index is 11.5. The van der Waals surface area contributed by atoms with Crippen LogP contribution >= 0.6 is 0 Å². The molecule has 0 aromatic carbocycles. The third-order valence-electron chi connectivity index (χ3n) is 3.00. The van der Waals surface area contributed by atoms with Crippen LogP contribution in [0.2, 0.25) is 0 Å². The number of carboxylic acid groups (broad SMARTS) is 1. The van der Waals surface area contributed by atoms with E-state index in [0.717, 1.165) is 25.9 Å². The molecule has 1 aliphatic rings. The zero-order chi connectivity index (χ0) is 14.1. The summed E-state index contributed by atoms with van der Waals surface area (Å²) in [5.41, 5.74) is 0. The largest absolute Gasteiger partial charge is 0.481 e. The quantitative estimate of drug-likeness (QED) is 0.545. The number of carbonyl (C=O) groups excluding carboxylic acids is 1. The number of hydrogen-bond donors (Lipinski definition) is 3. The summed E-state index contributed by atoms with van der Waals surface area (Å²) in [7, 11) is 1.42. The highest BCUT2D eigenvalue weighted by molar-refractivity contribution is 5.77. The molecule has 0 aromatic heterocycles. The number of rotatable bonds is 8. The SMILES string of the molecule is COC(CNC(=O)COC1CCNCC1)CC(=O)O. The first-order valence-electron chi connectivity index (χ1n) is 6.45. The van der Waals surface area contributed by atoms with Crippen molar-refractivity contribution in [2.45, 2.75) is 31.5 Å². The molecule has 1 saturated heterocycles. The Balaban J connectivity index is 2.13. The molecule has 3 N–H and O–H groups in total. The Morgan fingerprint density at radius 2 is 2.11 bits per heavy atom. The highest BCUT2D eigenvalue weighted by atomic mass is 16.5. The Labute approximate surface area is 112 Å². The number of hydrogen-bond acceptors (Lipinski definition) is 5. The highest BCUT2D eigenvalue weighted by Gasteiger charge is 2.16. The van der Waals surface area contributed by atoms with Crippen molar-refractivity contribution in [3.63, 3.8) is 0 Å². The van der Waals surface area contributed by atoms with Crippen molar-refractivity contribution in [2.24, 2.45) is 0 Å². The lowest BCUT2D eigenvalue weighted by Gasteiger charge is -2.22. The second kappa shape index (κ2) is 8.84. The van der Waals surface area contributed by atoms with E-state index in [9.17, 15) is 9.59 Å². The Morgan fingerprint density at radius 1 is 1.42 bits per heavy atom. The minimum absolute atomic E-state index is 0.00811. The molecule has 7 heteroatoms. The molecule has 7 nitrogen and oxygen atoms in total. The summed E-state index contributed by atoms with van der Waals surface area (Å²) in [5, 5.41) is 14.5. The number of piperidine rings is 1. The van der Waals surface area contributed by atoms with Crippen LogP contribution in [0.25, 0.3) is 0 Å². The van der Waals surface area contributed by atoms with Gasteiger partial charge in [-0.05, 0) is 25.9 Å². The van der Waals surface area contributed by atoms with Gasteiger partial charge in [-0.15, -0.1) is 0 Å². The first-order chi connectivity index (χ1) is 9.11. The van der Waals surface area contributed by atoms with Crippen molar-refractivity contribution in [2.75, 3.05) is 33.4 Å². The van der Waals surface area contributed by atoms with Crippen LogP contribution in [0.1, 0.15) is 19.3 Å². The van der Waals surface area contributed by atoms with Gasteiger partial charge in [0.05, 0.1) is 18.6 Å². The molecule has 0 radical (unpaired) electrons. The summed E-state index contributed by atoms with van der Waals surface area (Å²) in [6, 6.07) is 0. The lowest BCUT2D eigenvalue weighted by Crippen LogP contribution is -2.38. The third kappa shape index (κ3) is 7.09. The van der Waals surface area contributed by atoms with E-state index in [1.54, 1.807) is 0 Å². The number of carboxylic acids is 1. The molecule has 19 heavy (non-hydrogen) atoms. The van der Waals surface area contributed by atoms with Crippen LogP contribution in [0.4, 0.5) is 0 Å². The predicted octanol–water partition coefficient (Wildman–Crippen LogP) is -0.639. The van der Waals surface area contributed by atoms with E-state index >= 15 is 0 Å². The van der Waals surface area contributed by atoms with Gasteiger partial charge in [-0.2, -0.15) is 0 Å². The van der Waals surface area contributed by atoms with Crippen LogP contribution in [0.3, 0.4) is 0 Å². The first-order valence-corrected chi connectivity index (χ1v) is 6.45. The van der Waals surface area contributed by atoms with Gasteiger partial charge < -0.3 is 25.2 Å². The Kier molecular flexibility index (Phi) is 7.39. The van der Waals surface area contributed by atoms with Gasteiger partial charge in [-0.3, -0.25) is 9.59 Å². The van der Waals surface area contributed by atoms with Gasteiger partial charge in [0.25, 0.3) is 0 Å². The molecule has 0 aromatic rings. The van der Waals surface area contributed by atoms with E-state index in [0.29, 0.717) is 0 Å². The number of methoxy groups -OCH3 is 1. The molecule has 0 saturated carbocycles. The average Bonchev–Trinajstić information content (AvgIpc) is 2.42. The highest BCUT2D eigenvalue weighted by Crippen LogP contribution is 2.06. The van der Waals surface area contributed by atoms with Gasteiger partial charge in [-0.1, -0.05) is 0 Å². The molecule has 1 atom stereocenters. The number of carbonyl (C=O) groups is 2. The summed E-state index contributed by atoms with van der Waals surface area (Å²) in [6.45, 7) is 2.01. The monoisotopic (exact) mass is 274 g/mol. The fourth-order valence-electron chi connectivity index (χ4n) is 1.87. The molecule has 0 bridgehead atoms. The van der Waals surface area contributed by atoms with Crippen molar-refractivity contribution >= 4 is 11.9 Å². The molecular formula is C12H22N2O5. The van der Waals surface area contributed by atoms with Crippen molar-refractivity contribution in [1.29, 1.82) is 0 Å². The molecule has 110 valence electrons. The molecule has 1 fully saturated rings. The van der Waals surface area contributed by atoms with Crippen LogP contribution < -0.4 is 10.6 Å². The van der Waals surface area contributed by atoms with E-state index in [2.05, 4.69) is 10.6 Å². The molecule has 0 spiro atoms. The summed E-state index contributed by atoms with van der Waals surface area (Å²) < 4.78 is 10.4. The standard InChI is InChI=1S/C12H22N2O5/c1-18-10(6-12(16)17)7-14-11(15)8-19-9-2-4-13-5-3-9/h9-10,13H,2-8H2,1H3,(H,14,15)(H,16,17). The van der Waals surface area contributed by atoms with Crippen LogP contribution in [0, 0.1) is 0 Å². The van der Waals surface area contributed by atoms with E-state index in [-0.39, 0.29) is 31.6 Å².